The third kappa shape index (κ3) is 4.88. The highest BCUT2D eigenvalue weighted by Gasteiger charge is 2.31. The topological polar surface area (TPSA) is 18.5 Å². The second-order valence-corrected chi connectivity index (χ2v) is 7.71. The van der Waals surface area contributed by atoms with E-state index < -0.39 is 0 Å². The van der Waals surface area contributed by atoms with Crippen LogP contribution in [0.25, 0.3) is 0 Å². The summed E-state index contributed by atoms with van der Waals surface area (Å²) in [6.07, 6.45) is 4.76. The van der Waals surface area contributed by atoms with Gasteiger partial charge in [0, 0.05) is 21.5 Å². The predicted molar refractivity (Wildman–Crippen MR) is 76.0 cm³/mol. The van der Waals surface area contributed by atoms with Gasteiger partial charge < -0.3 is 0 Å². The fourth-order valence-electron chi connectivity index (χ4n) is 2.59. The molecule has 4 atom stereocenters. The fourth-order valence-corrected chi connectivity index (χ4v) is 4.43. The Labute approximate surface area is 128 Å². The summed E-state index contributed by atoms with van der Waals surface area (Å²) in [7, 11) is 0. The van der Waals surface area contributed by atoms with Crippen molar-refractivity contribution in [2.45, 2.75) is 72.2 Å². The summed E-state index contributed by atoms with van der Waals surface area (Å²) in [5.41, 5.74) is 0. The Bertz CT molecular complexity index is 220. The van der Waals surface area contributed by atoms with Crippen molar-refractivity contribution in [3.05, 3.63) is 0 Å². The van der Waals surface area contributed by atoms with Gasteiger partial charge in [-0.1, -0.05) is 0 Å². The lowest BCUT2D eigenvalue weighted by atomic mass is 9.96. The van der Waals surface area contributed by atoms with E-state index >= 15 is 0 Å². The SMILES string of the molecule is ClC1CC(Cl)CC(OOC2CC(Cl)CC(Cl)C2)C1. The molecule has 0 aliphatic heterocycles. The Balaban J connectivity index is 1.73. The van der Waals surface area contributed by atoms with Crippen molar-refractivity contribution in [1.82, 2.24) is 0 Å². The zero-order chi connectivity index (χ0) is 13.1. The van der Waals surface area contributed by atoms with Crippen LogP contribution in [0.4, 0.5) is 0 Å². The number of halogens is 4. The molecule has 2 fully saturated rings. The van der Waals surface area contributed by atoms with E-state index in [2.05, 4.69) is 0 Å². The monoisotopic (exact) mass is 334 g/mol. The van der Waals surface area contributed by atoms with E-state index in [-0.39, 0.29) is 33.7 Å². The molecule has 18 heavy (non-hydrogen) atoms. The van der Waals surface area contributed by atoms with Gasteiger partial charge in [-0.25, -0.2) is 9.78 Å². The molecule has 0 aromatic rings. The van der Waals surface area contributed by atoms with Crippen molar-refractivity contribution >= 4 is 46.4 Å². The van der Waals surface area contributed by atoms with Crippen LogP contribution < -0.4 is 0 Å². The molecule has 0 saturated heterocycles. The third-order valence-corrected chi connectivity index (χ3v) is 4.85. The largest absolute Gasteiger partial charge is 0.233 e. The van der Waals surface area contributed by atoms with E-state index in [0.717, 1.165) is 38.5 Å². The van der Waals surface area contributed by atoms with Crippen LogP contribution >= 0.6 is 46.4 Å². The van der Waals surface area contributed by atoms with E-state index in [1.807, 2.05) is 0 Å². The molecule has 0 amide bonds. The minimum absolute atomic E-state index is 0.0202. The number of hydrogen-bond donors (Lipinski definition) is 0. The van der Waals surface area contributed by atoms with Crippen molar-refractivity contribution in [3.63, 3.8) is 0 Å². The smallest absolute Gasteiger partial charge is 0.0958 e. The standard InChI is InChI=1S/C12H18Cl4O2/c13-7-1-8(14)4-11(3-7)17-18-12-5-9(15)2-10(16)6-12/h7-12H,1-6H2. The van der Waals surface area contributed by atoms with E-state index in [0.29, 0.717) is 0 Å². The van der Waals surface area contributed by atoms with Gasteiger partial charge in [-0.05, 0) is 38.5 Å². The molecule has 0 radical (unpaired) electrons. The summed E-state index contributed by atoms with van der Waals surface area (Å²) < 4.78 is 0. The first-order chi connectivity index (χ1) is 8.52. The van der Waals surface area contributed by atoms with Crippen LogP contribution in [-0.2, 0) is 9.78 Å². The van der Waals surface area contributed by atoms with Crippen LogP contribution in [0, 0.1) is 0 Å². The number of hydrogen-bond acceptors (Lipinski definition) is 2. The molecule has 0 spiro atoms. The first-order valence-electron chi connectivity index (χ1n) is 6.41. The summed E-state index contributed by atoms with van der Waals surface area (Å²) in [6.45, 7) is 0. The molecular formula is C12H18Cl4O2. The quantitative estimate of drug-likeness (QED) is 0.430. The zero-order valence-corrected chi connectivity index (χ0v) is 13.1. The molecular weight excluding hydrogens is 318 g/mol. The Kier molecular flexibility index (Phi) is 6.18. The van der Waals surface area contributed by atoms with E-state index in [1.165, 1.54) is 0 Å². The Morgan fingerprint density at radius 1 is 0.500 bits per heavy atom. The molecule has 6 heteroatoms. The number of rotatable bonds is 3. The van der Waals surface area contributed by atoms with Crippen LogP contribution in [0.15, 0.2) is 0 Å². The molecule has 0 aromatic heterocycles. The molecule has 2 saturated carbocycles. The molecule has 2 aliphatic carbocycles. The molecule has 2 rings (SSSR count). The highest BCUT2D eigenvalue weighted by atomic mass is 35.5. The second-order valence-electron chi connectivity index (χ2n) is 5.24. The van der Waals surface area contributed by atoms with Gasteiger partial charge >= 0.3 is 0 Å². The lowest BCUT2D eigenvalue weighted by Crippen LogP contribution is -2.34. The molecule has 106 valence electrons. The summed E-state index contributed by atoms with van der Waals surface area (Å²) in [5.74, 6) is 0. The Morgan fingerprint density at radius 3 is 1.06 bits per heavy atom. The summed E-state index contributed by atoms with van der Waals surface area (Å²) in [5, 5.41) is 0.288. The highest BCUT2D eigenvalue weighted by molar-refractivity contribution is 6.24. The first-order valence-corrected chi connectivity index (χ1v) is 8.16. The van der Waals surface area contributed by atoms with E-state index in [9.17, 15) is 0 Å². The van der Waals surface area contributed by atoms with Crippen molar-refractivity contribution in [3.8, 4) is 0 Å². The Hall–Kier alpha value is 1.08. The maximum Gasteiger partial charge on any atom is 0.0958 e. The Morgan fingerprint density at radius 2 is 0.778 bits per heavy atom. The average Bonchev–Trinajstić information content (AvgIpc) is 2.23. The molecule has 2 aliphatic rings. The van der Waals surface area contributed by atoms with Gasteiger partial charge in [-0.3, -0.25) is 0 Å². The van der Waals surface area contributed by atoms with Gasteiger partial charge in [0.05, 0.1) is 12.2 Å². The van der Waals surface area contributed by atoms with E-state index in [1.54, 1.807) is 0 Å². The third-order valence-electron chi connectivity index (χ3n) is 3.43. The fraction of sp³-hybridized carbons (Fsp3) is 1.00. The second kappa shape index (κ2) is 7.19. The van der Waals surface area contributed by atoms with Crippen LogP contribution in [0.3, 0.4) is 0 Å². The lowest BCUT2D eigenvalue weighted by molar-refractivity contribution is -0.357. The molecule has 2 nitrogen and oxygen atoms in total. The van der Waals surface area contributed by atoms with Crippen LogP contribution in [0.5, 0.6) is 0 Å². The van der Waals surface area contributed by atoms with Gasteiger partial charge in [0.1, 0.15) is 0 Å². The van der Waals surface area contributed by atoms with Crippen molar-refractivity contribution in [1.29, 1.82) is 0 Å². The lowest BCUT2D eigenvalue weighted by Gasteiger charge is -2.32. The van der Waals surface area contributed by atoms with Crippen molar-refractivity contribution in [2.24, 2.45) is 0 Å². The van der Waals surface area contributed by atoms with Crippen LogP contribution in [-0.4, -0.2) is 33.7 Å². The average molecular weight is 336 g/mol. The first kappa shape index (κ1) is 15.5. The minimum Gasteiger partial charge on any atom is -0.233 e. The summed E-state index contributed by atoms with van der Waals surface area (Å²) >= 11 is 24.4. The maximum atomic E-state index is 6.11. The summed E-state index contributed by atoms with van der Waals surface area (Å²) in [4.78, 5) is 10.9. The number of alkyl halides is 4. The van der Waals surface area contributed by atoms with Crippen LogP contribution in [0.2, 0.25) is 0 Å². The molecule has 0 N–H and O–H groups in total. The van der Waals surface area contributed by atoms with E-state index in [4.69, 9.17) is 56.2 Å². The van der Waals surface area contributed by atoms with Gasteiger partial charge in [-0.2, -0.15) is 0 Å². The normalized spacial score (nSPS) is 46.0. The van der Waals surface area contributed by atoms with Gasteiger partial charge in [0.15, 0.2) is 0 Å². The van der Waals surface area contributed by atoms with Crippen LogP contribution in [0.1, 0.15) is 38.5 Å². The molecule has 0 aromatic carbocycles. The van der Waals surface area contributed by atoms with Crippen molar-refractivity contribution < 1.29 is 9.78 Å². The van der Waals surface area contributed by atoms with Gasteiger partial charge in [0.25, 0.3) is 0 Å². The van der Waals surface area contributed by atoms with Gasteiger partial charge in [-0.15, -0.1) is 46.4 Å². The van der Waals surface area contributed by atoms with Crippen molar-refractivity contribution in [2.75, 3.05) is 0 Å². The molecule has 0 bridgehead atoms. The molecule has 4 unspecified atom stereocenters. The summed E-state index contributed by atoms with van der Waals surface area (Å²) in [6, 6.07) is 0. The highest BCUT2D eigenvalue weighted by Crippen LogP contribution is 2.32. The predicted octanol–water partition coefficient (Wildman–Crippen LogP) is 4.47. The molecule has 0 heterocycles. The minimum atomic E-state index is -0.0202. The zero-order valence-electron chi connectivity index (χ0n) is 10.0. The maximum absolute atomic E-state index is 6.11. The van der Waals surface area contributed by atoms with Gasteiger partial charge in [0.2, 0.25) is 0 Å².